The van der Waals surface area contributed by atoms with E-state index in [-0.39, 0.29) is 12.6 Å². The van der Waals surface area contributed by atoms with E-state index < -0.39 is 0 Å². The number of nitrogens with one attached hydrogen (secondary N) is 1. The van der Waals surface area contributed by atoms with E-state index in [1.807, 2.05) is 0 Å². The maximum atomic E-state index is 8.81. The molecular weight excluding hydrogens is 176 g/mol. The van der Waals surface area contributed by atoms with Gasteiger partial charge in [0.05, 0.1) is 0 Å². The first-order valence-electron chi connectivity index (χ1n) is 5.38. The smallest absolute Gasteiger partial charge is 0.0469 e. The zero-order valence-electron chi connectivity index (χ0n) is 8.42. The molecule has 0 saturated heterocycles. The molecule has 3 nitrogen and oxygen atoms in total. The van der Waals surface area contributed by atoms with Crippen LogP contribution < -0.4 is 5.73 Å². The van der Waals surface area contributed by atoms with Crippen LogP contribution in [0.4, 0.5) is 0 Å². The first-order valence-corrected chi connectivity index (χ1v) is 5.38. The van der Waals surface area contributed by atoms with Gasteiger partial charge in [0, 0.05) is 24.0 Å². The predicted octanol–water partition coefficient (Wildman–Crippen LogP) is 1.28. The molecule has 1 aromatic rings. The molecule has 4 N–H and O–H groups in total. The van der Waals surface area contributed by atoms with Crippen LogP contribution in [-0.2, 0) is 12.8 Å². The van der Waals surface area contributed by atoms with Gasteiger partial charge in [0.15, 0.2) is 0 Å². The molecule has 0 fully saturated rings. The summed E-state index contributed by atoms with van der Waals surface area (Å²) in [6.07, 6.45) is 5.54. The monoisotopic (exact) mass is 194 g/mol. The lowest BCUT2D eigenvalue weighted by atomic mass is 9.98. The van der Waals surface area contributed by atoms with Crippen LogP contribution >= 0.6 is 0 Å². The number of aliphatic hydroxyl groups is 1. The van der Waals surface area contributed by atoms with E-state index in [1.165, 1.54) is 30.5 Å². The molecule has 1 unspecified atom stereocenters. The Morgan fingerprint density at radius 2 is 2.21 bits per heavy atom. The maximum absolute atomic E-state index is 8.81. The van der Waals surface area contributed by atoms with Gasteiger partial charge in [-0.25, -0.2) is 0 Å². The molecule has 1 heterocycles. The van der Waals surface area contributed by atoms with Crippen LogP contribution in [0, 0.1) is 0 Å². The van der Waals surface area contributed by atoms with Gasteiger partial charge in [-0.1, -0.05) is 0 Å². The number of H-pyrrole nitrogens is 1. The molecule has 14 heavy (non-hydrogen) atoms. The van der Waals surface area contributed by atoms with Crippen LogP contribution in [0.5, 0.6) is 0 Å². The number of rotatable bonds is 3. The third-order valence-corrected chi connectivity index (χ3v) is 2.98. The van der Waals surface area contributed by atoms with E-state index in [1.54, 1.807) is 0 Å². The first-order chi connectivity index (χ1) is 6.81. The highest BCUT2D eigenvalue weighted by molar-refractivity contribution is 5.29. The van der Waals surface area contributed by atoms with Crippen LogP contribution in [0.2, 0.25) is 0 Å². The summed E-state index contributed by atoms with van der Waals surface area (Å²) in [6, 6.07) is 2.14. The van der Waals surface area contributed by atoms with Gasteiger partial charge < -0.3 is 15.8 Å². The van der Waals surface area contributed by atoms with Crippen molar-refractivity contribution in [1.82, 2.24) is 4.98 Å². The largest absolute Gasteiger partial charge is 0.396 e. The van der Waals surface area contributed by atoms with Crippen molar-refractivity contribution < 1.29 is 5.11 Å². The number of fused-ring (bicyclic) bond motifs is 1. The fourth-order valence-electron chi connectivity index (χ4n) is 2.12. The minimum atomic E-state index is -0.0365. The van der Waals surface area contributed by atoms with Crippen LogP contribution in [0.1, 0.15) is 42.3 Å². The van der Waals surface area contributed by atoms with Crippen molar-refractivity contribution in [3.8, 4) is 0 Å². The normalized spacial score (nSPS) is 17.9. The summed E-state index contributed by atoms with van der Waals surface area (Å²) in [5, 5.41) is 8.81. The molecule has 0 radical (unpaired) electrons. The summed E-state index contributed by atoms with van der Waals surface area (Å²) in [7, 11) is 0. The second-order valence-corrected chi connectivity index (χ2v) is 4.05. The van der Waals surface area contributed by atoms with Crippen molar-refractivity contribution in [3.63, 3.8) is 0 Å². The Labute approximate surface area is 84.3 Å². The molecule has 0 aliphatic heterocycles. The summed E-state index contributed by atoms with van der Waals surface area (Å²) in [5.41, 5.74) is 9.81. The van der Waals surface area contributed by atoms with Gasteiger partial charge in [0.2, 0.25) is 0 Å². The Morgan fingerprint density at radius 1 is 1.43 bits per heavy atom. The SMILES string of the molecule is NC(CCO)c1cc2c([nH]1)CCCC2. The Hall–Kier alpha value is -0.800. The van der Waals surface area contributed by atoms with Gasteiger partial charge >= 0.3 is 0 Å². The van der Waals surface area contributed by atoms with Gasteiger partial charge in [-0.2, -0.15) is 0 Å². The molecule has 0 saturated carbocycles. The van der Waals surface area contributed by atoms with Crippen molar-refractivity contribution in [2.45, 2.75) is 38.1 Å². The second kappa shape index (κ2) is 4.15. The average molecular weight is 194 g/mol. The molecule has 1 atom stereocenters. The summed E-state index contributed by atoms with van der Waals surface area (Å²) >= 11 is 0. The zero-order valence-corrected chi connectivity index (χ0v) is 8.42. The molecule has 3 heteroatoms. The third-order valence-electron chi connectivity index (χ3n) is 2.98. The van der Waals surface area contributed by atoms with E-state index in [0.717, 1.165) is 12.1 Å². The molecule has 0 bridgehead atoms. The number of aromatic amines is 1. The maximum Gasteiger partial charge on any atom is 0.0469 e. The fraction of sp³-hybridized carbons (Fsp3) is 0.636. The van der Waals surface area contributed by atoms with E-state index in [9.17, 15) is 0 Å². The van der Waals surface area contributed by atoms with Crippen molar-refractivity contribution in [2.24, 2.45) is 5.73 Å². The van der Waals surface area contributed by atoms with Crippen molar-refractivity contribution in [1.29, 1.82) is 0 Å². The highest BCUT2D eigenvalue weighted by Crippen LogP contribution is 2.24. The van der Waals surface area contributed by atoms with E-state index in [0.29, 0.717) is 6.42 Å². The number of aliphatic hydroxyl groups excluding tert-OH is 1. The lowest BCUT2D eigenvalue weighted by molar-refractivity contribution is 0.275. The van der Waals surface area contributed by atoms with Crippen molar-refractivity contribution in [2.75, 3.05) is 6.61 Å². The van der Waals surface area contributed by atoms with Crippen molar-refractivity contribution >= 4 is 0 Å². The number of hydrogen-bond acceptors (Lipinski definition) is 2. The standard InChI is InChI=1S/C11H18N2O/c12-9(5-6-14)11-7-8-3-1-2-4-10(8)13-11/h7,9,13-14H,1-6,12H2. The lowest BCUT2D eigenvalue weighted by Gasteiger charge is -2.09. The lowest BCUT2D eigenvalue weighted by Crippen LogP contribution is -2.12. The molecule has 0 aromatic carbocycles. The highest BCUT2D eigenvalue weighted by atomic mass is 16.3. The van der Waals surface area contributed by atoms with Crippen LogP contribution in [-0.4, -0.2) is 16.7 Å². The molecule has 78 valence electrons. The third kappa shape index (κ3) is 1.83. The van der Waals surface area contributed by atoms with Gasteiger partial charge in [-0.3, -0.25) is 0 Å². The fourth-order valence-corrected chi connectivity index (χ4v) is 2.12. The Bertz CT molecular complexity index is 283. The predicted molar refractivity (Wildman–Crippen MR) is 56.1 cm³/mol. The van der Waals surface area contributed by atoms with E-state index in [4.69, 9.17) is 10.8 Å². The summed E-state index contributed by atoms with van der Waals surface area (Å²) in [4.78, 5) is 3.38. The highest BCUT2D eigenvalue weighted by Gasteiger charge is 2.15. The van der Waals surface area contributed by atoms with Gasteiger partial charge in [0.1, 0.15) is 0 Å². The quantitative estimate of drug-likeness (QED) is 0.678. The van der Waals surface area contributed by atoms with Crippen molar-refractivity contribution in [3.05, 3.63) is 23.0 Å². The molecule has 1 aliphatic carbocycles. The Kier molecular flexibility index (Phi) is 2.89. The number of aromatic nitrogens is 1. The summed E-state index contributed by atoms with van der Waals surface area (Å²) in [5.74, 6) is 0. The Balaban J connectivity index is 2.15. The molecule has 1 aromatic heterocycles. The van der Waals surface area contributed by atoms with Gasteiger partial charge in [0.25, 0.3) is 0 Å². The second-order valence-electron chi connectivity index (χ2n) is 4.05. The number of nitrogens with two attached hydrogens (primary N) is 1. The van der Waals surface area contributed by atoms with Gasteiger partial charge in [-0.05, 0) is 43.7 Å². The molecule has 1 aliphatic rings. The topological polar surface area (TPSA) is 62.0 Å². The summed E-state index contributed by atoms with van der Waals surface area (Å²) < 4.78 is 0. The van der Waals surface area contributed by atoms with Crippen LogP contribution in [0.25, 0.3) is 0 Å². The average Bonchev–Trinajstić information content (AvgIpc) is 2.61. The first kappa shape index (κ1) is 9.74. The van der Waals surface area contributed by atoms with Gasteiger partial charge in [-0.15, -0.1) is 0 Å². The van der Waals surface area contributed by atoms with Crippen LogP contribution in [0.15, 0.2) is 6.07 Å². The molecule has 2 rings (SSSR count). The van der Waals surface area contributed by atoms with E-state index in [2.05, 4.69) is 11.1 Å². The zero-order chi connectivity index (χ0) is 9.97. The van der Waals surface area contributed by atoms with Crippen LogP contribution in [0.3, 0.4) is 0 Å². The number of aryl methyl sites for hydroxylation is 2. The molecular formula is C11H18N2O. The minimum Gasteiger partial charge on any atom is -0.396 e. The molecule has 0 spiro atoms. The minimum absolute atomic E-state index is 0.0365. The Morgan fingerprint density at radius 3 is 2.93 bits per heavy atom. The summed E-state index contributed by atoms with van der Waals surface area (Å²) in [6.45, 7) is 0.158. The van der Waals surface area contributed by atoms with E-state index >= 15 is 0 Å². The molecule has 0 amide bonds. The number of hydrogen-bond donors (Lipinski definition) is 3.